The summed E-state index contributed by atoms with van der Waals surface area (Å²) in [5.41, 5.74) is 4.18. The molecule has 1 fully saturated rings. The number of hydrogen-bond donors (Lipinski definition) is 0. The Morgan fingerprint density at radius 3 is 2.70 bits per heavy atom. The van der Waals surface area contributed by atoms with E-state index in [2.05, 4.69) is 16.0 Å². The van der Waals surface area contributed by atoms with Crippen molar-refractivity contribution in [1.82, 2.24) is 14.6 Å². The van der Waals surface area contributed by atoms with Gasteiger partial charge in [-0.3, -0.25) is 0 Å². The van der Waals surface area contributed by atoms with Crippen LogP contribution in [0.25, 0.3) is 16.9 Å². The Morgan fingerprint density at radius 2 is 1.90 bits per heavy atom. The summed E-state index contributed by atoms with van der Waals surface area (Å²) in [6.07, 6.45) is 4.96. The minimum atomic E-state index is -0.209. The molecule has 1 aliphatic heterocycles. The van der Waals surface area contributed by atoms with Crippen molar-refractivity contribution in [1.29, 1.82) is 5.26 Å². The van der Waals surface area contributed by atoms with Gasteiger partial charge < -0.3 is 4.90 Å². The zero-order valence-electron chi connectivity index (χ0n) is 16.4. The molecule has 0 spiro atoms. The number of imidazole rings is 1. The second kappa shape index (κ2) is 7.60. The Labute approximate surface area is 174 Å². The lowest BCUT2D eigenvalue weighted by molar-refractivity contribution is 0.465. The van der Waals surface area contributed by atoms with Gasteiger partial charge in [0.25, 0.3) is 0 Å². The van der Waals surface area contributed by atoms with E-state index in [1.807, 2.05) is 34.8 Å². The third kappa shape index (κ3) is 3.29. The maximum Gasteiger partial charge on any atom is 0.154 e. The number of anilines is 1. The molecule has 0 N–H and O–H groups in total. The second-order valence-electron chi connectivity index (χ2n) is 7.55. The van der Waals surface area contributed by atoms with Gasteiger partial charge in [-0.1, -0.05) is 24.3 Å². The first-order chi connectivity index (χ1) is 14.7. The minimum Gasteiger partial charge on any atom is -0.348 e. The molecule has 0 radical (unpaired) electrons. The first kappa shape index (κ1) is 18.3. The molecule has 6 heteroatoms. The number of benzene rings is 2. The highest BCUT2D eigenvalue weighted by Crippen LogP contribution is 2.34. The van der Waals surface area contributed by atoms with Gasteiger partial charge in [-0.25, -0.2) is 13.9 Å². The molecule has 3 heterocycles. The molecule has 1 unspecified atom stereocenters. The number of aromatic nitrogens is 3. The third-order valence-corrected chi connectivity index (χ3v) is 5.69. The van der Waals surface area contributed by atoms with Crippen molar-refractivity contribution in [3.63, 3.8) is 0 Å². The fraction of sp³-hybridized carbons (Fsp3) is 0.208. The largest absolute Gasteiger partial charge is 0.348 e. The van der Waals surface area contributed by atoms with Gasteiger partial charge in [0.2, 0.25) is 0 Å². The van der Waals surface area contributed by atoms with Crippen molar-refractivity contribution in [2.75, 3.05) is 11.4 Å². The van der Waals surface area contributed by atoms with Crippen LogP contribution in [0.3, 0.4) is 0 Å². The molecule has 0 saturated carbocycles. The maximum atomic E-state index is 13.8. The Hall–Kier alpha value is -3.72. The quantitative estimate of drug-likeness (QED) is 0.480. The summed E-state index contributed by atoms with van der Waals surface area (Å²) in [7, 11) is 0. The van der Waals surface area contributed by atoms with Gasteiger partial charge in [0.1, 0.15) is 11.6 Å². The second-order valence-corrected chi connectivity index (χ2v) is 7.55. The Bertz CT molecular complexity index is 1240. The summed E-state index contributed by atoms with van der Waals surface area (Å²) in [5.74, 6) is 0.642. The van der Waals surface area contributed by atoms with Crippen LogP contribution < -0.4 is 4.90 Å². The van der Waals surface area contributed by atoms with Gasteiger partial charge in [0.15, 0.2) is 5.65 Å². The zero-order chi connectivity index (χ0) is 20.5. The first-order valence-electron chi connectivity index (χ1n) is 10.1. The van der Waals surface area contributed by atoms with Crippen LogP contribution in [0.15, 0.2) is 66.9 Å². The zero-order valence-corrected chi connectivity index (χ0v) is 16.4. The fourth-order valence-electron chi connectivity index (χ4n) is 4.20. The van der Waals surface area contributed by atoms with Gasteiger partial charge in [0.05, 0.1) is 29.6 Å². The molecule has 1 atom stereocenters. The molecule has 0 aliphatic carbocycles. The number of rotatable bonds is 3. The predicted octanol–water partition coefficient (Wildman–Crippen LogP) is 5.14. The molecule has 30 heavy (non-hydrogen) atoms. The van der Waals surface area contributed by atoms with E-state index in [1.165, 1.54) is 6.07 Å². The van der Waals surface area contributed by atoms with E-state index < -0.39 is 0 Å². The van der Waals surface area contributed by atoms with Crippen molar-refractivity contribution in [2.45, 2.75) is 25.3 Å². The normalized spacial score (nSPS) is 16.5. The maximum absolute atomic E-state index is 13.8. The average molecular weight is 397 g/mol. The molecular weight excluding hydrogens is 377 g/mol. The molecule has 1 aliphatic rings. The van der Waals surface area contributed by atoms with Crippen LogP contribution in [0.4, 0.5) is 10.2 Å². The fourth-order valence-corrected chi connectivity index (χ4v) is 4.20. The summed E-state index contributed by atoms with van der Waals surface area (Å²) in [5, 5.41) is 13.9. The standard InChI is InChI=1S/C24H20FN5/c25-20-5-3-4-19(14-20)21-6-1-2-13-29(21)24-12-11-23-27-16-22(30(23)28-24)18-9-7-17(15-26)8-10-18/h3-5,7-12,14,16,21H,1-2,6,13H2. The summed E-state index contributed by atoms with van der Waals surface area (Å²) >= 11 is 0. The topological polar surface area (TPSA) is 57.2 Å². The van der Waals surface area contributed by atoms with Crippen molar-refractivity contribution >= 4 is 11.5 Å². The lowest BCUT2D eigenvalue weighted by Crippen LogP contribution is -2.34. The highest BCUT2D eigenvalue weighted by molar-refractivity contribution is 5.64. The van der Waals surface area contributed by atoms with Crippen molar-refractivity contribution in [3.05, 3.63) is 83.8 Å². The number of fused-ring (bicyclic) bond motifs is 1. The Kier molecular flexibility index (Phi) is 4.64. The molecule has 0 amide bonds. The van der Waals surface area contributed by atoms with Gasteiger partial charge in [-0.2, -0.15) is 5.26 Å². The molecule has 2 aromatic heterocycles. The van der Waals surface area contributed by atoms with Gasteiger partial charge >= 0.3 is 0 Å². The highest BCUT2D eigenvalue weighted by Gasteiger charge is 2.26. The SMILES string of the molecule is N#Cc1ccc(-c2cnc3ccc(N4CCCCC4c4cccc(F)c4)nn23)cc1. The van der Waals surface area contributed by atoms with Crippen molar-refractivity contribution < 1.29 is 4.39 Å². The van der Waals surface area contributed by atoms with Crippen LogP contribution in [-0.4, -0.2) is 21.1 Å². The summed E-state index contributed by atoms with van der Waals surface area (Å²) in [6.45, 7) is 0.876. The average Bonchev–Trinajstić information content (AvgIpc) is 3.22. The Balaban J connectivity index is 1.55. The van der Waals surface area contributed by atoms with E-state index >= 15 is 0 Å². The number of halogens is 1. The number of nitriles is 1. The molecule has 1 saturated heterocycles. The van der Waals surface area contributed by atoms with Crippen LogP contribution in [0, 0.1) is 17.1 Å². The van der Waals surface area contributed by atoms with Crippen LogP contribution in [-0.2, 0) is 0 Å². The van der Waals surface area contributed by atoms with Gasteiger partial charge in [0, 0.05) is 12.1 Å². The lowest BCUT2D eigenvalue weighted by atomic mass is 9.95. The first-order valence-corrected chi connectivity index (χ1v) is 10.1. The number of hydrogen-bond acceptors (Lipinski definition) is 4. The third-order valence-electron chi connectivity index (χ3n) is 5.69. The predicted molar refractivity (Wildman–Crippen MR) is 113 cm³/mol. The molecular formula is C24H20FN5. The van der Waals surface area contributed by atoms with Gasteiger partial charge in [-0.15, -0.1) is 5.10 Å². The molecule has 4 aromatic rings. The molecule has 0 bridgehead atoms. The molecule has 148 valence electrons. The van der Waals surface area contributed by atoms with Crippen molar-refractivity contribution in [3.8, 4) is 17.3 Å². The smallest absolute Gasteiger partial charge is 0.154 e. The number of nitrogens with zero attached hydrogens (tertiary/aromatic N) is 5. The van der Waals surface area contributed by atoms with Crippen LogP contribution in [0.1, 0.15) is 36.4 Å². The lowest BCUT2D eigenvalue weighted by Gasteiger charge is -2.37. The highest BCUT2D eigenvalue weighted by atomic mass is 19.1. The van der Waals surface area contributed by atoms with E-state index in [-0.39, 0.29) is 11.9 Å². The minimum absolute atomic E-state index is 0.0984. The van der Waals surface area contributed by atoms with E-state index in [9.17, 15) is 4.39 Å². The van der Waals surface area contributed by atoms with E-state index in [1.54, 1.807) is 30.5 Å². The van der Waals surface area contributed by atoms with E-state index in [0.717, 1.165) is 54.1 Å². The molecule has 2 aromatic carbocycles. The summed E-state index contributed by atoms with van der Waals surface area (Å²) in [4.78, 5) is 6.74. The van der Waals surface area contributed by atoms with Gasteiger partial charge in [-0.05, 0) is 61.2 Å². The van der Waals surface area contributed by atoms with Crippen LogP contribution >= 0.6 is 0 Å². The Morgan fingerprint density at radius 1 is 1.03 bits per heavy atom. The summed E-state index contributed by atoms with van der Waals surface area (Å²) in [6, 6.07) is 20.5. The molecule has 5 rings (SSSR count). The van der Waals surface area contributed by atoms with Crippen LogP contribution in [0.5, 0.6) is 0 Å². The summed E-state index contributed by atoms with van der Waals surface area (Å²) < 4.78 is 15.7. The van der Waals surface area contributed by atoms with E-state index in [0.29, 0.717) is 5.56 Å². The van der Waals surface area contributed by atoms with Crippen molar-refractivity contribution in [2.24, 2.45) is 0 Å². The van der Waals surface area contributed by atoms with Crippen LogP contribution in [0.2, 0.25) is 0 Å². The van der Waals surface area contributed by atoms with E-state index in [4.69, 9.17) is 10.4 Å². The monoisotopic (exact) mass is 397 g/mol. The molecule has 5 nitrogen and oxygen atoms in total. The number of piperidine rings is 1.